The number of pyridine rings is 1. The molecule has 0 aliphatic carbocycles. The quantitative estimate of drug-likeness (QED) is 0.678. The van der Waals surface area contributed by atoms with Crippen LogP contribution in [0, 0.1) is 0 Å². The number of nitrogens with zero attached hydrogens (tertiary/aromatic N) is 4. The molecule has 0 fully saturated rings. The van der Waals surface area contributed by atoms with Crippen molar-refractivity contribution in [3.63, 3.8) is 0 Å². The summed E-state index contributed by atoms with van der Waals surface area (Å²) < 4.78 is 6.61. The number of aromatic nitrogens is 4. The number of carbonyl (C=O) groups is 2. The van der Waals surface area contributed by atoms with Crippen LogP contribution in [0.15, 0.2) is 42.4 Å². The van der Waals surface area contributed by atoms with Gasteiger partial charge in [-0.1, -0.05) is 0 Å². The van der Waals surface area contributed by atoms with Gasteiger partial charge in [0, 0.05) is 24.0 Å². The third kappa shape index (κ3) is 4.27. The zero-order chi connectivity index (χ0) is 17.6. The van der Waals surface area contributed by atoms with E-state index in [9.17, 15) is 9.59 Å². The summed E-state index contributed by atoms with van der Waals surface area (Å²) in [6.07, 6.45) is 6.61. The van der Waals surface area contributed by atoms with Crippen molar-refractivity contribution in [1.82, 2.24) is 19.5 Å². The van der Waals surface area contributed by atoms with Gasteiger partial charge in [-0.3, -0.25) is 19.5 Å². The maximum Gasteiger partial charge on any atom is 0.311 e. The molecule has 1 amide bonds. The Morgan fingerprint density at radius 2 is 2.24 bits per heavy atom. The lowest BCUT2D eigenvalue weighted by Gasteiger charge is -2.04. The lowest BCUT2D eigenvalue weighted by atomic mass is 10.2. The SMILES string of the molecule is CCOC(=O)Cc1csc(NC(=O)c2ccc(-n3ccnc3)nc2)n1. The normalized spacial score (nSPS) is 10.4. The number of imidazole rings is 1. The second kappa shape index (κ2) is 7.67. The number of esters is 1. The second-order valence-electron chi connectivity index (χ2n) is 4.95. The van der Waals surface area contributed by atoms with Crippen LogP contribution >= 0.6 is 11.3 Å². The number of nitrogens with one attached hydrogen (secondary N) is 1. The predicted octanol–water partition coefficient (Wildman–Crippen LogP) is 2.08. The Balaban J connectivity index is 1.62. The summed E-state index contributed by atoms with van der Waals surface area (Å²) in [5.41, 5.74) is 0.971. The zero-order valence-electron chi connectivity index (χ0n) is 13.4. The molecule has 3 rings (SSSR count). The smallest absolute Gasteiger partial charge is 0.311 e. The highest BCUT2D eigenvalue weighted by atomic mass is 32.1. The molecule has 3 aromatic rings. The number of amides is 1. The Kier molecular flexibility index (Phi) is 5.14. The summed E-state index contributed by atoms with van der Waals surface area (Å²) in [5.74, 6) is 0.00621. The van der Waals surface area contributed by atoms with E-state index in [2.05, 4.69) is 20.3 Å². The van der Waals surface area contributed by atoms with E-state index in [1.54, 1.807) is 47.7 Å². The molecule has 25 heavy (non-hydrogen) atoms. The van der Waals surface area contributed by atoms with Crippen LogP contribution in [0.3, 0.4) is 0 Å². The highest BCUT2D eigenvalue weighted by molar-refractivity contribution is 7.14. The Labute approximate surface area is 147 Å². The van der Waals surface area contributed by atoms with Crippen LogP contribution in [0.5, 0.6) is 0 Å². The first-order chi connectivity index (χ1) is 12.2. The number of rotatable bonds is 6. The molecule has 0 radical (unpaired) electrons. The summed E-state index contributed by atoms with van der Waals surface area (Å²) in [5, 5.41) is 4.83. The molecule has 0 aliphatic rings. The molecular formula is C16H15N5O3S. The van der Waals surface area contributed by atoms with E-state index in [1.165, 1.54) is 17.5 Å². The minimum atomic E-state index is -0.343. The molecule has 0 bridgehead atoms. The topological polar surface area (TPSA) is 99.0 Å². The number of anilines is 1. The van der Waals surface area contributed by atoms with Gasteiger partial charge < -0.3 is 4.74 Å². The van der Waals surface area contributed by atoms with Gasteiger partial charge in [0.05, 0.1) is 24.3 Å². The van der Waals surface area contributed by atoms with Crippen molar-refractivity contribution >= 4 is 28.3 Å². The van der Waals surface area contributed by atoms with E-state index in [0.717, 1.165) is 0 Å². The third-order valence-corrected chi connectivity index (χ3v) is 3.99. The van der Waals surface area contributed by atoms with E-state index >= 15 is 0 Å². The van der Waals surface area contributed by atoms with Crippen molar-refractivity contribution < 1.29 is 14.3 Å². The molecule has 3 aromatic heterocycles. The number of hydrogen-bond acceptors (Lipinski definition) is 7. The van der Waals surface area contributed by atoms with Crippen molar-refractivity contribution in [1.29, 1.82) is 0 Å². The van der Waals surface area contributed by atoms with Crippen LogP contribution in [0.4, 0.5) is 5.13 Å². The van der Waals surface area contributed by atoms with Gasteiger partial charge in [0.2, 0.25) is 0 Å². The summed E-state index contributed by atoms with van der Waals surface area (Å²) in [6, 6.07) is 3.40. The summed E-state index contributed by atoms with van der Waals surface area (Å²) in [4.78, 5) is 36.1. The third-order valence-electron chi connectivity index (χ3n) is 3.18. The van der Waals surface area contributed by atoms with Gasteiger partial charge in [-0.2, -0.15) is 0 Å². The Hall–Kier alpha value is -3.07. The molecule has 3 heterocycles. The van der Waals surface area contributed by atoms with Crippen LogP contribution in [0.2, 0.25) is 0 Å². The molecule has 0 aromatic carbocycles. The highest BCUT2D eigenvalue weighted by Gasteiger charge is 2.12. The average molecular weight is 357 g/mol. The molecule has 0 aliphatic heterocycles. The molecule has 0 saturated heterocycles. The van der Waals surface area contributed by atoms with Gasteiger partial charge in [-0.05, 0) is 19.1 Å². The number of hydrogen-bond donors (Lipinski definition) is 1. The monoisotopic (exact) mass is 357 g/mol. The molecule has 128 valence electrons. The summed E-state index contributed by atoms with van der Waals surface area (Å²) in [6.45, 7) is 2.07. The maximum atomic E-state index is 12.3. The van der Waals surface area contributed by atoms with Crippen molar-refractivity contribution in [3.05, 3.63) is 53.7 Å². The van der Waals surface area contributed by atoms with Crippen LogP contribution < -0.4 is 5.32 Å². The molecular weight excluding hydrogens is 342 g/mol. The first-order valence-electron chi connectivity index (χ1n) is 7.51. The molecule has 0 atom stereocenters. The summed E-state index contributed by atoms with van der Waals surface area (Å²) in [7, 11) is 0. The number of thiazole rings is 1. The fraction of sp³-hybridized carbons (Fsp3) is 0.188. The molecule has 8 nitrogen and oxygen atoms in total. The van der Waals surface area contributed by atoms with Crippen LogP contribution in [0.1, 0.15) is 23.0 Å². The van der Waals surface area contributed by atoms with Crippen molar-refractivity contribution in [2.24, 2.45) is 0 Å². The van der Waals surface area contributed by atoms with E-state index in [0.29, 0.717) is 28.8 Å². The lowest BCUT2D eigenvalue weighted by Crippen LogP contribution is -2.13. The predicted molar refractivity (Wildman–Crippen MR) is 91.8 cm³/mol. The van der Waals surface area contributed by atoms with Crippen molar-refractivity contribution in [2.75, 3.05) is 11.9 Å². The molecule has 1 N–H and O–H groups in total. The van der Waals surface area contributed by atoms with Gasteiger partial charge in [-0.15, -0.1) is 11.3 Å². The Morgan fingerprint density at radius 3 is 2.92 bits per heavy atom. The minimum Gasteiger partial charge on any atom is -0.466 e. The van der Waals surface area contributed by atoms with E-state index in [4.69, 9.17) is 4.74 Å². The van der Waals surface area contributed by atoms with Gasteiger partial charge in [0.25, 0.3) is 5.91 Å². The van der Waals surface area contributed by atoms with Gasteiger partial charge in [0.15, 0.2) is 5.13 Å². The maximum absolute atomic E-state index is 12.3. The van der Waals surface area contributed by atoms with Gasteiger partial charge in [-0.25, -0.2) is 15.0 Å². The zero-order valence-corrected chi connectivity index (χ0v) is 14.2. The van der Waals surface area contributed by atoms with Crippen LogP contribution in [0.25, 0.3) is 5.82 Å². The largest absolute Gasteiger partial charge is 0.466 e. The Morgan fingerprint density at radius 1 is 1.36 bits per heavy atom. The number of carbonyl (C=O) groups excluding carboxylic acids is 2. The van der Waals surface area contributed by atoms with Crippen molar-refractivity contribution in [2.45, 2.75) is 13.3 Å². The second-order valence-corrected chi connectivity index (χ2v) is 5.81. The van der Waals surface area contributed by atoms with E-state index < -0.39 is 0 Å². The highest BCUT2D eigenvalue weighted by Crippen LogP contribution is 2.17. The molecule has 9 heteroatoms. The van der Waals surface area contributed by atoms with Crippen LogP contribution in [-0.4, -0.2) is 38.0 Å². The fourth-order valence-electron chi connectivity index (χ4n) is 2.04. The minimum absolute atomic E-state index is 0.0847. The average Bonchev–Trinajstić information content (AvgIpc) is 3.27. The molecule has 0 saturated carbocycles. The summed E-state index contributed by atoms with van der Waals surface area (Å²) >= 11 is 1.25. The van der Waals surface area contributed by atoms with Gasteiger partial charge in [0.1, 0.15) is 12.1 Å². The first kappa shape index (κ1) is 16.8. The fourth-order valence-corrected chi connectivity index (χ4v) is 2.75. The van der Waals surface area contributed by atoms with Crippen LogP contribution in [-0.2, 0) is 16.0 Å². The van der Waals surface area contributed by atoms with Crippen molar-refractivity contribution in [3.8, 4) is 5.82 Å². The molecule has 0 unspecified atom stereocenters. The van der Waals surface area contributed by atoms with Gasteiger partial charge >= 0.3 is 5.97 Å². The standard InChI is InChI=1S/C16H15N5O3S/c1-2-24-14(22)7-12-9-25-16(19-12)20-15(23)11-3-4-13(18-8-11)21-6-5-17-10-21/h3-6,8-10H,2,7H2,1H3,(H,19,20,23). The number of ether oxygens (including phenoxy) is 1. The Bertz CT molecular complexity index is 858. The molecule has 0 spiro atoms. The van der Waals surface area contributed by atoms with E-state index in [-0.39, 0.29) is 18.3 Å². The van der Waals surface area contributed by atoms with E-state index in [1.807, 2.05) is 0 Å². The first-order valence-corrected chi connectivity index (χ1v) is 8.39. The lowest BCUT2D eigenvalue weighted by molar-refractivity contribution is -0.142.